The van der Waals surface area contributed by atoms with E-state index < -0.39 is 19.4 Å². The van der Waals surface area contributed by atoms with Crippen LogP contribution >= 0.6 is 10.7 Å². The fraction of sp³-hybridized carbons (Fsp3) is 1.00. The highest BCUT2D eigenvalue weighted by molar-refractivity contribution is 8.11. The molecule has 0 fully saturated rings. The SMILES string of the molecule is CN(C)S(=O)(=O)Cl.CN(C)S(N)(=O)=O. The summed E-state index contributed by atoms with van der Waals surface area (Å²) >= 11 is 0. The van der Waals surface area contributed by atoms with Gasteiger partial charge in [0.2, 0.25) is 0 Å². The summed E-state index contributed by atoms with van der Waals surface area (Å²) in [6, 6.07) is 0. The van der Waals surface area contributed by atoms with Crippen molar-refractivity contribution in [3.8, 4) is 0 Å². The molecule has 0 rings (SSSR count). The van der Waals surface area contributed by atoms with Crippen molar-refractivity contribution in [2.75, 3.05) is 28.2 Å². The highest BCUT2D eigenvalue weighted by Gasteiger charge is 2.05. The third kappa shape index (κ3) is 10.2. The summed E-state index contributed by atoms with van der Waals surface area (Å²) in [6.07, 6.45) is 0. The van der Waals surface area contributed by atoms with E-state index in [0.29, 0.717) is 0 Å². The number of nitrogens with zero attached hydrogens (tertiary/aromatic N) is 2. The Morgan fingerprint density at radius 3 is 1.07 bits per heavy atom. The van der Waals surface area contributed by atoms with E-state index in [1.165, 1.54) is 28.2 Å². The summed E-state index contributed by atoms with van der Waals surface area (Å²) < 4.78 is 42.0. The number of hydrogen-bond donors (Lipinski definition) is 1. The van der Waals surface area contributed by atoms with Gasteiger partial charge >= 0.3 is 0 Å². The van der Waals surface area contributed by atoms with E-state index >= 15 is 0 Å². The van der Waals surface area contributed by atoms with Crippen LogP contribution in [0.2, 0.25) is 0 Å². The number of hydrogen-bond acceptors (Lipinski definition) is 4. The minimum atomic E-state index is -3.44. The van der Waals surface area contributed by atoms with Gasteiger partial charge in [0.15, 0.2) is 0 Å². The first-order valence-electron chi connectivity index (χ1n) is 3.21. The van der Waals surface area contributed by atoms with E-state index in [-0.39, 0.29) is 0 Å². The van der Waals surface area contributed by atoms with E-state index in [2.05, 4.69) is 5.14 Å². The Bertz CT molecular complexity index is 311. The van der Waals surface area contributed by atoms with Crippen LogP contribution in [0.1, 0.15) is 0 Å². The summed E-state index contributed by atoms with van der Waals surface area (Å²) in [5.74, 6) is 0. The summed E-state index contributed by atoms with van der Waals surface area (Å²) in [5.41, 5.74) is 0. The van der Waals surface area contributed by atoms with Crippen LogP contribution in [0, 0.1) is 0 Å². The predicted molar refractivity (Wildman–Crippen MR) is 55.3 cm³/mol. The Hall–Kier alpha value is 0.0700. The van der Waals surface area contributed by atoms with Crippen molar-refractivity contribution in [2.45, 2.75) is 0 Å². The third-order valence-corrected chi connectivity index (χ3v) is 3.66. The highest BCUT2D eigenvalue weighted by atomic mass is 35.7. The fourth-order valence-corrected chi connectivity index (χ4v) is 0. The van der Waals surface area contributed by atoms with Crippen LogP contribution in [0.5, 0.6) is 0 Å². The van der Waals surface area contributed by atoms with E-state index in [4.69, 9.17) is 10.7 Å². The molecule has 0 aliphatic carbocycles. The first-order chi connectivity index (χ1) is 5.89. The molecule has 0 aromatic heterocycles. The lowest BCUT2D eigenvalue weighted by Gasteiger charge is -2.02. The van der Waals surface area contributed by atoms with Crippen molar-refractivity contribution in [1.29, 1.82) is 0 Å². The van der Waals surface area contributed by atoms with Gasteiger partial charge in [-0.25, -0.2) is 5.14 Å². The highest BCUT2D eigenvalue weighted by Crippen LogP contribution is 1.96. The van der Waals surface area contributed by atoms with Gasteiger partial charge < -0.3 is 0 Å². The largest absolute Gasteiger partial charge is 0.299 e. The van der Waals surface area contributed by atoms with Gasteiger partial charge in [0.1, 0.15) is 0 Å². The predicted octanol–water partition coefficient (Wildman–Crippen LogP) is -1.22. The van der Waals surface area contributed by atoms with E-state index in [1.807, 2.05) is 0 Å². The zero-order valence-electron chi connectivity index (χ0n) is 8.30. The molecule has 0 bridgehead atoms. The molecule has 0 aliphatic rings. The lowest BCUT2D eigenvalue weighted by molar-refractivity contribution is 0.522. The summed E-state index contributed by atoms with van der Waals surface area (Å²) in [5, 5.41) is 4.58. The maximum Gasteiger partial charge on any atom is 0.299 e. The second-order valence-electron chi connectivity index (χ2n) is 2.55. The monoisotopic (exact) mass is 267 g/mol. The smallest absolute Gasteiger partial charge is 0.216 e. The van der Waals surface area contributed by atoms with Crippen molar-refractivity contribution >= 4 is 30.1 Å². The van der Waals surface area contributed by atoms with Gasteiger partial charge in [0.25, 0.3) is 19.4 Å². The molecule has 0 aromatic rings. The maximum atomic E-state index is 10.0. The molecule has 0 atom stereocenters. The second-order valence-corrected chi connectivity index (χ2v) is 7.04. The van der Waals surface area contributed by atoms with Crippen LogP contribution in [0.4, 0.5) is 0 Å². The normalized spacial score (nSPS) is 12.6. The standard InChI is InChI=1S/C2H6ClNO2S.C2H8N2O2S/c2*1-4(2)7(3,5)6/h1-2H3;1-2H3,(H2,3,5,6). The van der Waals surface area contributed by atoms with Crippen LogP contribution in [-0.4, -0.2) is 53.6 Å². The molecule has 7 nitrogen and oxygen atoms in total. The quantitative estimate of drug-likeness (QED) is 0.634. The van der Waals surface area contributed by atoms with Crippen molar-refractivity contribution in [3.05, 3.63) is 0 Å². The van der Waals surface area contributed by atoms with E-state index in [0.717, 1.165) is 8.61 Å². The fourth-order valence-electron chi connectivity index (χ4n) is 0. The molecule has 0 amide bonds. The van der Waals surface area contributed by atoms with Crippen molar-refractivity contribution in [3.63, 3.8) is 0 Å². The van der Waals surface area contributed by atoms with Crippen molar-refractivity contribution in [1.82, 2.24) is 8.61 Å². The van der Waals surface area contributed by atoms with Crippen LogP contribution in [0.25, 0.3) is 0 Å². The molecule has 0 spiro atoms. The van der Waals surface area contributed by atoms with Gasteiger partial charge in [0, 0.05) is 38.9 Å². The number of rotatable bonds is 2. The van der Waals surface area contributed by atoms with Gasteiger partial charge in [0.05, 0.1) is 0 Å². The molecule has 10 heteroatoms. The van der Waals surface area contributed by atoms with Crippen LogP contribution < -0.4 is 5.14 Å². The van der Waals surface area contributed by atoms with Gasteiger partial charge in [-0.1, -0.05) is 0 Å². The number of nitrogens with two attached hydrogens (primary N) is 1. The first-order valence-corrected chi connectivity index (χ1v) is 6.98. The molecule has 0 unspecified atom stereocenters. The first kappa shape index (κ1) is 16.5. The average Bonchev–Trinajstić information content (AvgIpc) is 1.83. The van der Waals surface area contributed by atoms with Crippen LogP contribution in [0.15, 0.2) is 0 Å². The minimum absolute atomic E-state index is 0.925. The van der Waals surface area contributed by atoms with Gasteiger partial charge in [-0.2, -0.15) is 25.4 Å². The molecule has 0 radical (unpaired) electrons. The topological polar surface area (TPSA) is 101 Å². The Kier molecular flexibility index (Phi) is 6.87. The Morgan fingerprint density at radius 1 is 0.929 bits per heavy atom. The zero-order valence-corrected chi connectivity index (χ0v) is 10.7. The van der Waals surface area contributed by atoms with Gasteiger partial charge in [-0.15, -0.1) is 0 Å². The molecule has 0 saturated heterocycles. The average molecular weight is 268 g/mol. The Balaban J connectivity index is 0. The lowest BCUT2D eigenvalue weighted by Crippen LogP contribution is -2.29. The van der Waals surface area contributed by atoms with Crippen LogP contribution in [0.3, 0.4) is 0 Å². The van der Waals surface area contributed by atoms with Crippen molar-refractivity contribution < 1.29 is 16.8 Å². The summed E-state index contributed by atoms with van der Waals surface area (Å²) in [7, 11) is 3.39. The maximum absolute atomic E-state index is 10.0. The molecule has 0 aromatic carbocycles. The molecular formula is C4H14ClN3O4S2. The van der Waals surface area contributed by atoms with Crippen molar-refractivity contribution in [2.24, 2.45) is 5.14 Å². The Morgan fingerprint density at radius 2 is 1.07 bits per heavy atom. The summed E-state index contributed by atoms with van der Waals surface area (Å²) in [4.78, 5) is 0. The second kappa shape index (κ2) is 5.83. The van der Waals surface area contributed by atoms with Gasteiger partial charge in [-0.3, -0.25) is 0 Å². The summed E-state index contributed by atoms with van der Waals surface area (Å²) in [6.45, 7) is 0. The number of halogens is 1. The van der Waals surface area contributed by atoms with E-state index in [9.17, 15) is 16.8 Å². The molecule has 14 heavy (non-hydrogen) atoms. The molecule has 0 aliphatic heterocycles. The molecular weight excluding hydrogens is 254 g/mol. The zero-order chi connectivity index (χ0) is 12.2. The molecule has 2 N–H and O–H groups in total. The van der Waals surface area contributed by atoms with Gasteiger partial charge in [-0.05, 0) is 0 Å². The minimum Gasteiger partial charge on any atom is -0.216 e. The lowest BCUT2D eigenvalue weighted by atomic mass is 11.3. The van der Waals surface area contributed by atoms with Crippen LogP contribution in [-0.2, 0) is 19.4 Å². The van der Waals surface area contributed by atoms with E-state index in [1.54, 1.807) is 0 Å². The Labute approximate surface area is 89.2 Å². The molecule has 0 heterocycles. The molecule has 0 saturated carbocycles. The molecule has 88 valence electrons. The third-order valence-electron chi connectivity index (χ3n) is 0.945.